The molecule has 0 amide bonds. The second-order valence-electron chi connectivity index (χ2n) is 18.1. The second kappa shape index (κ2) is 47.7. The zero-order valence-electron chi connectivity index (χ0n) is 43.7. The summed E-state index contributed by atoms with van der Waals surface area (Å²) in [5.74, 6) is -0.437. The van der Waals surface area contributed by atoms with E-state index in [0.29, 0.717) is 13.0 Å². The van der Waals surface area contributed by atoms with E-state index in [2.05, 4.69) is 127 Å². The molecule has 0 aromatic carbocycles. The Bertz CT molecular complexity index is 1650. The van der Waals surface area contributed by atoms with E-state index < -0.39 is 59.8 Å². The zero-order chi connectivity index (χ0) is 51.7. The van der Waals surface area contributed by atoms with Gasteiger partial charge in [-0.15, -0.1) is 0 Å². The van der Waals surface area contributed by atoms with Crippen LogP contribution in [0, 0.1) is 0 Å². The number of allylic oxidation sites excluding steroid dienone is 18. The van der Waals surface area contributed by atoms with E-state index in [-0.39, 0.29) is 19.6 Å². The topological polar surface area (TPSA) is 178 Å². The van der Waals surface area contributed by atoms with Crippen molar-refractivity contribution < 1.29 is 56.2 Å². The molecule has 0 bridgehead atoms. The lowest BCUT2D eigenvalue weighted by atomic mass is 9.99. The van der Waals surface area contributed by atoms with Crippen LogP contribution < -0.4 is 0 Å². The van der Waals surface area contributed by atoms with Gasteiger partial charge in [-0.05, 0) is 103 Å². The van der Waals surface area contributed by atoms with Crippen LogP contribution in [0.5, 0.6) is 0 Å². The van der Waals surface area contributed by atoms with E-state index in [1.807, 2.05) is 0 Å². The van der Waals surface area contributed by atoms with Gasteiger partial charge in [0.2, 0.25) is 0 Å². The van der Waals surface area contributed by atoms with Crippen LogP contribution in [-0.2, 0) is 38.3 Å². The minimum atomic E-state index is -5.08. The number of hydrogen-bond donors (Lipinski definition) is 4. The van der Waals surface area contributed by atoms with Gasteiger partial charge in [0, 0.05) is 13.0 Å². The first-order valence-corrected chi connectivity index (χ1v) is 28.5. The molecule has 6 unspecified atom stereocenters. The number of hydrogen-bond acceptors (Lipinski definition) is 11. The maximum Gasteiger partial charge on any atom is 0.397 e. The monoisotopic (exact) mass is 1020 g/mol. The highest BCUT2D eigenvalue weighted by molar-refractivity contribution is 7.80. The van der Waals surface area contributed by atoms with Crippen LogP contribution >= 0.6 is 0 Å². The van der Waals surface area contributed by atoms with Crippen molar-refractivity contribution in [3.05, 3.63) is 109 Å². The van der Waals surface area contributed by atoms with Gasteiger partial charge in [0.15, 0.2) is 6.29 Å². The summed E-state index contributed by atoms with van der Waals surface area (Å²) in [5, 5.41) is 30.8. The van der Waals surface area contributed by atoms with Crippen LogP contribution in [0.3, 0.4) is 0 Å². The predicted molar refractivity (Wildman–Crippen MR) is 289 cm³/mol. The van der Waals surface area contributed by atoms with E-state index in [4.69, 9.17) is 18.9 Å². The molecule has 6 atom stereocenters. The van der Waals surface area contributed by atoms with Crippen LogP contribution in [0.4, 0.5) is 0 Å². The third-order valence-corrected chi connectivity index (χ3v) is 12.1. The highest BCUT2D eigenvalue weighted by Gasteiger charge is 2.48. The van der Waals surface area contributed by atoms with Crippen molar-refractivity contribution in [2.45, 2.75) is 224 Å². The molecule has 1 fully saturated rings. The lowest BCUT2D eigenvalue weighted by Gasteiger charge is -2.41. The van der Waals surface area contributed by atoms with Crippen molar-refractivity contribution in [1.29, 1.82) is 0 Å². The van der Waals surface area contributed by atoms with Gasteiger partial charge in [0.25, 0.3) is 0 Å². The lowest BCUT2D eigenvalue weighted by molar-refractivity contribution is -0.301. The normalized spacial score (nSPS) is 19.9. The summed E-state index contributed by atoms with van der Waals surface area (Å²) in [7, 11) is -5.08. The van der Waals surface area contributed by atoms with Crippen LogP contribution in [0.1, 0.15) is 187 Å². The summed E-state index contributed by atoms with van der Waals surface area (Å²) < 4.78 is 59.3. The van der Waals surface area contributed by atoms with Crippen molar-refractivity contribution in [1.82, 2.24) is 0 Å². The Labute approximate surface area is 430 Å². The van der Waals surface area contributed by atoms with Crippen LogP contribution in [0.15, 0.2) is 109 Å². The van der Waals surface area contributed by atoms with Gasteiger partial charge >= 0.3 is 16.4 Å². The van der Waals surface area contributed by atoms with Crippen molar-refractivity contribution >= 4 is 16.4 Å². The summed E-state index contributed by atoms with van der Waals surface area (Å²) in [4.78, 5) is 12.9. The molecule has 1 aliphatic rings. The van der Waals surface area contributed by atoms with E-state index in [9.17, 15) is 33.1 Å². The first-order valence-electron chi connectivity index (χ1n) is 27.1. The summed E-state index contributed by atoms with van der Waals surface area (Å²) in [5.41, 5.74) is 0. The number of aliphatic hydroxyl groups excluding tert-OH is 3. The highest BCUT2D eigenvalue weighted by Crippen LogP contribution is 2.26. The minimum absolute atomic E-state index is 0.0108. The molecule has 1 rings (SSSR count). The number of unbranched alkanes of at least 4 members (excludes halogenated alkanes) is 15. The lowest BCUT2D eigenvalue weighted by Crippen LogP contribution is -2.60. The van der Waals surface area contributed by atoms with Crippen molar-refractivity contribution in [3.63, 3.8) is 0 Å². The molecule has 406 valence electrons. The molecule has 0 aliphatic carbocycles. The van der Waals surface area contributed by atoms with Crippen molar-refractivity contribution in [3.8, 4) is 0 Å². The number of ether oxygens (including phenoxy) is 4. The third kappa shape index (κ3) is 40.9. The minimum Gasteiger partial charge on any atom is -0.457 e. The fraction of sp³-hybridized carbons (Fsp3) is 0.672. The van der Waals surface area contributed by atoms with E-state index in [1.54, 1.807) is 0 Å². The molecule has 0 spiro atoms. The fourth-order valence-electron chi connectivity index (χ4n) is 7.56. The maximum atomic E-state index is 12.9. The SMILES string of the molecule is CC/C=C\C/C=C\C/C=C\C/C=C\C/C=C\C/C=C\C/C=C\CCCCCC(=O)OC(COCCCCCCCCCC/C=C\C/C=C\CCCCCC)COC1OC(CO)C(O)C(OS(=O)(=O)O)C1O. The Morgan fingerprint density at radius 3 is 1.42 bits per heavy atom. The van der Waals surface area contributed by atoms with Crippen LogP contribution in [0.25, 0.3) is 0 Å². The van der Waals surface area contributed by atoms with Gasteiger partial charge in [-0.3, -0.25) is 9.35 Å². The molecule has 4 N–H and O–H groups in total. The van der Waals surface area contributed by atoms with Gasteiger partial charge in [0.05, 0.1) is 19.8 Å². The number of carbonyl (C=O) groups excluding carboxylic acids is 1. The average molecular weight is 1020 g/mol. The maximum absolute atomic E-state index is 12.9. The smallest absolute Gasteiger partial charge is 0.397 e. The molecule has 12 nitrogen and oxygen atoms in total. The summed E-state index contributed by atoms with van der Waals surface area (Å²) in [6, 6.07) is 0. The Balaban J connectivity index is 2.39. The van der Waals surface area contributed by atoms with E-state index in [0.717, 1.165) is 96.3 Å². The second-order valence-corrected chi connectivity index (χ2v) is 19.1. The average Bonchev–Trinajstić information content (AvgIpc) is 3.35. The zero-order valence-corrected chi connectivity index (χ0v) is 44.6. The Morgan fingerprint density at radius 2 is 0.972 bits per heavy atom. The molecule has 1 aliphatic heterocycles. The summed E-state index contributed by atoms with van der Waals surface area (Å²) in [6.07, 6.45) is 58.3. The largest absolute Gasteiger partial charge is 0.457 e. The molecule has 0 aromatic heterocycles. The van der Waals surface area contributed by atoms with Crippen molar-refractivity contribution in [2.75, 3.05) is 26.4 Å². The molecule has 13 heteroatoms. The van der Waals surface area contributed by atoms with Gasteiger partial charge in [-0.2, -0.15) is 8.42 Å². The summed E-state index contributed by atoms with van der Waals surface area (Å²) in [6.45, 7) is 3.80. The third-order valence-electron chi connectivity index (χ3n) is 11.6. The Morgan fingerprint density at radius 1 is 0.549 bits per heavy atom. The van der Waals surface area contributed by atoms with Gasteiger partial charge in [-0.25, -0.2) is 4.18 Å². The number of carbonyl (C=O) groups is 1. The van der Waals surface area contributed by atoms with Gasteiger partial charge < -0.3 is 34.3 Å². The Hall–Kier alpha value is -3.24. The van der Waals surface area contributed by atoms with Crippen LogP contribution in [0.2, 0.25) is 0 Å². The van der Waals surface area contributed by atoms with Crippen molar-refractivity contribution in [2.24, 2.45) is 0 Å². The van der Waals surface area contributed by atoms with Gasteiger partial charge in [0.1, 0.15) is 30.5 Å². The molecule has 0 saturated carbocycles. The number of rotatable bonds is 46. The predicted octanol–water partition coefficient (Wildman–Crippen LogP) is 13.1. The number of esters is 1. The first kappa shape index (κ1) is 65.8. The standard InChI is InChI=1S/C58H96O12S/c1-3-5-7-9-11-13-15-17-19-21-23-24-25-26-27-28-29-31-33-35-37-39-41-43-45-47-54(60)68-52(51-67-58-56(62)57(70-71(63,64)65)55(61)53(49-59)69-58)50-66-48-46-44-42-40-38-36-34-32-30-22-20-18-16-14-12-10-8-6-4-2/h5,7,11,13-14,16-17,19-20,22-24,26-27,29,31,35,37,52-53,55-59,61-62H,3-4,6,8-10,12,15,18,21,25,28,30,32-34,36,38-51H2,1-2H3,(H,63,64,65)/b7-5-,13-11-,16-14-,19-17-,22-20-,24-23-,27-26-,31-29-,37-35-. The van der Waals surface area contributed by atoms with Crippen LogP contribution in [-0.4, -0.2) is 97.5 Å². The molecule has 1 saturated heterocycles. The van der Waals surface area contributed by atoms with E-state index in [1.165, 1.54) is 64.2 Å². The molecule has 71 heavy (non-hydrogen) atoms. The quantitative estimate of drug-likeness (QED) is 0.0197. The first-order chi connectivity index (χ1) is 34.6. The fourth-order valence-corrected chi connectivity index (χ4v) is 8.07. The molecule has 1 heterocycles. The molecular weight excluding hydrogens is 921 g/mol. The molecule has 0 aromatic rings. The highest BCUT2D eigenvalue weighted by atomic mass is 32.3. The van der Waals surface area contributed by atoms with E-state index >= 15 is 0 Å². The van der Waals surface area contributed by atoms with Gasteiger partial charge in [-0.1, -0.05) is 187 Å². The molecule has 0 radical (unpaired) electrons. The Kier molecular flexibility index (Phi) is 44.2. The molecular formula is C58H96O12S. The number of aliphatic hydroxyl groups is 3. The summed E-state index contributed by atoms with van der Waals surface area (Å²) >= 11 is 0.